The molecule has 24 heavy (non-hydrogen) atoms. The topological polar surface area (TPSA) is 72.8 Å². The molecule has 9 heteroatoms. The second kappa shape index (κ2) is 6.54. The van der Waals surface area contributed by atoms with Gasteiger partial charge in [-0.1, -0.05) is 6.92 Å². The van der Waals surface area contributed by atoms with Crippen molar-refractivity contribution >= 4 is 11.0 Å². The van der Waals surface area contributed by atoms with Crippen LogP contribution in [0.4, 0.5) is 13.2 Å². The molecule has 2 aromatic heterocycles. The molecule has 0 amide bonds. The first-order valence-corrected chi connectivity index (χ1v) is 8.01. The quantitative estimate of drug-likeness (QED) is 0.925. The second-order valence-electron chi connectivity index (χ2n) is 6.03. The van der Waals surface area contributed by atoms with Crippen molar-refractivity contribution in [2.75, 3.05) is 13.2 Å². The van der Waals surface area contributed by atoms with Crippen molar-refractivity contribution in [2.45, 2.75) is 44.8 Å². The van der Waals surface area contributed by atoms with Gasteiger partial charge < -0.3 is 9.72 Å². The summed E-state index contributed by atoms with van der Waals surface area (Å²) in [5.74, 6) is -1.48. The third-order valence-corrected chi connectivity index (χ3v) is 4.44. The van der Waals surface area contributed by atoms with E-state index in [4.69, 9.17) is 4.74 Å². The number of rotatable bonds is 4. The zero-order chi connectivity index (χ0) is 17.3. The Hall–Kier alpha value is -1.90. The summed E-state index contributed by atoms with van der Waals surface area (Å²) < 4.78 is 45.9. The number of aromatic nitrogens is 4. The number of aromatic amines is 1. The van der Waals surface area contributed by atoms with Gasteiger partial charge >= 0.3 is 6.18 Å². The van der Waals surface area contributed by atoms with Crippen molar-refractivity contribution < 1.29 is 17.9 Å². The van der Waals surface area contributed by atoms with Gasteiger partial charge in [-0.25, -0.2) is 9.67 Å². The van der Waals surface area contributed by atoms with Crippen LogP contribution in [-0.2, 0) is 11.2 Å². The Balaban J connectivity index is 1.97. The molecule has 3 rings (SSSR count). The summed E-state index contributed by atoms with van der Waals surface area (Å²) in [6.45, 7) is 2.66. The molecule has 0 aromatic carbocycles. The zero-order valence-corrected chi connectivity index (χ0v) is 13.3. The maximum atomic E-state index is 13.0. The Morgan fingerprint density at radius 1 is 1.42 bits per heavy atom. The molecular formula is C15H19F3N4O2. The number of nitrogens with zero attached hydrogens (tertiary/aromatic N) is 3. The maximum Gasteiger partial charge on any atom is 0.392 e. The van der Waals surface area contributed by atoms with E-state index in [0.717, 1.165) is 12.8 Å². The lowest BCUT2D eigenvalue weighted by Gasteiger charge is -2.22. The molecule has 1 atom stereocenters. The van der Waals surface area contributed by atoms with Crippen molar-refractivity contribution in [3.8, 4) is 0 Å². The van der Waals surface area contributed by atoms with Crippen LogP contribution >= 0.6 is 0 Å². The molecule has 1 fully saturated rings. The number of halogens is 3. The molecule has 0 radical (unpaired) electrons. The van der Waals surface area contributed by atoms with Crippen LogP contribution in [0.2, 0.25) is 0 Å². The van der Waals surface area contributed by atoms with Crippen LogP contribution in [-0.4, -0.2) is 39.1 Å². The first-order valence-electron chi connectivity index (χ1n) is 8.01. The number of alkyl halides is 3. The monoisotopic (exact) mass is 344 g/mol. The van der Waals surface area contributed by atoms with Gasteiger partial charge in [-0.15, -0.1) is 0 Å². The summed E-state index contributed by atoms with van der Waals surface area (Å²) in [5, 5.41) is 4.52. The highest BCUT2D eigenvalue weighted by atomic mass is 19.4. The van der Waals surface area contributed by atoms with Crippen molar-refractivity contribution in [1.29, 1.82) is 0 Å². The molecule has 2 aromatic rings. The van der Waals surface area contributed by atoms with Gasteiger partial charge in [-0.05, 0) is 19.3 Å². The van der Waals surface area contributed by atoms with Gasteiger partial charge in [-0.3, -0.25) is 4.79 Å². The van der Waals surface area contributed by atoms with Gasteiger partial charge in [0, 0.05) is 19.6 Å². The van der Waals surface area contributed by atoms with Gasteiger partial charge in [-0.2, -0.15) is 18.3 Å². The first kappa shape index (κ1) is 16.9. The lowest BCUT2D eigenvalue weighted by atomic mass is 10.0. The number of hydrogen-bond acceptors (Lipinski definition) is 4. The smallest absolute Gasteiger partial charge is 0.381 e. The number of nitrogens with one attached hydrogen (secondary N) is 1. The zero-order valence-electron chi connectivity index (χ0n) is 13.3. The molecule has 0 saturated carbocycles. The number of hydrogen-bond donors (Lipinski definition) is 1. The van der Waals surface area contributed by atoms with E-state index in [1.165, 1.54) is 13.1 Å². The van der Waals surface area contributed by atoms with Crippen LogP contribution in [0.5, 0.6) is 0 Å². The number of ether oxygens (including phenoxy) is 1. The molecule has 1 unspecified atom stereocenters. The largest absolute Gasteiger partial charge is 0.392 e. The summed E-state index contributed by atoms with van der Waals surface area (Å²) in [4.78, 5) is 18.9. The van der Waals surface area contributed by atoms with E-state index in [2.05, 4.69) is 15.1 Å². The van der Waals surface area contributed by atoms with E-state index >= 15 is 0 Å². The fourth-order valence-corrected chi connectivity index (χ4v) is 3.00. The Morgan fingerprint density at radius 3 is 2.75 bits per heavy atom. The van der Waals surface area contributed by atoms with E-state index in [-0.39, 0.29) is 24.7 Å². The van der Waals surface area contributed by atoms with Crippen LogP contribution in [0, 0.1) is 5.92 Å². The molecule has 0 bridgehead atoms. The van der Waals surface area contributed by atoms with E-state index in [9.17, 15) is 18.0 Å². The molecule has 1 aliphatic heterocycles. The third kappa shape index (κ3) is 3.31. The highest BCUT2D eigenvalue weighted by molar-refractivity contribution is 5.73. The Labute approximate surface area is 136 Å². The molecular weight excluding hydrogens is 325 g/mol. The van der Waals surface area contributed by atoms with Crippen molar-refractivity contribution in [1.82, 2.24) is 19.7 Å². The van der Waals surface area contributed by atoms with Crippen molar-refractivity contribution in [3.63, 3.8) is 0 Å². The van der Waals surface area contributed by atoms with Gasteiger partial charge in [0.2, 0.25) is 0 Å². The Morgan fingerprint density at radius 2 is 2.12 bits per heavy atom. The SMILES string of the molecule is CCC(Cc1nc2c(cnn2C2CCOCC2)c(=O)[nH]1)C(F)(F)F. The van der Waals surface area contributed by atoms with Crippen LogP contribution in [0.3, 0.4) is 0 Å². The van der Waals surface area contributed by atoms with E-state index in [0.29, 0.717) is 24.2 Å². The Bertz CT molecular complexity index is 762. The Kier molecular flexibility index (Phi) is 4.62. The molecule has 1 aliphatic rings. The standard InChI is InChI=1S/C15H19F3N4O2/c1-2-9(15(16,17)18)7-12-20-13-11(14(23)21-12)8-19-22(13)10-3-5-24-6-4-10/h8-10H,2-7H2,1H3,(H,20,21,23). The average molecular weight is 344 g/mol. The predicted molar refractivity (Wildman–Crippen MR) is 80.8 cm³/mol. The number of fused-ring (bicyclic) bond motifs is 1. The van der Waals surface area contributed by atoms with Crippen LogP contribution in [0.15, 0.2) is 11.0 Å². The summed E-state index contributed by atoms with van der Waals surface area (Å²) in [7, 11) is 0. The molecule has 1 N–H and O–H groups in total. The summed E-state index contributed by atoms with van der Waals surface area (Å²) in [6.07, 6.45) is -1.83. The highest BCUT2D eigenvalue weighted by Gasteiger charge is 2.38. The van der Waals surface area contributed by atoms with Gasteiger partial charge in [0.25, 0.3) is 5.56 Å². The minimum Gasteiger partial charge on any atom is -0.381 e. The molecule has 3 heterocycles. The van der Waals surface area contributed by atoms with Gasteiger partial charge in [0.1, 0.15) is 11.2 Å². The molecule has 1 saturated heterocycles. The average Bonchev–Trinajstić information content (AvgIpc) is 2.97. The van der Waals surface area contributed by atoms with Crippen LogP contribution in [0.25, 0.3) is 11.0 Å². The summed E-state index contributed by atoms with van der Waals surface area (Å²) >= 11 is 0. The fraction of sp³-hybridized carbons (Fsp3) is 0.667. The minimum absolute atomic E-state index is 0.0444. The lowest BCUT2D eigenvalue weighted by Crippen LogP contribution is -2.26. The van der Waals surface area contributed by atoms with Gasteiger partial charge in [0.05, 0.1) is 18.2 Å². The minimum atomic E-state index is -4.32. The lowest BCUT2D eigenvalue weighted by molar-refractivity contribution is -0.175. The predicted octanol–water partition coefficient (Wildman–Crippen LogP) is 2.60. The maximum absolute atomic E-state index is 13.0. The van der Waals surface area contributed by atoms with Crippen LogP contribution in [0.1, 0.15) is 38.1 Å². The van der Waals surface area contributed by atoms with Gasteiger partial charge in [0.15, 0.2) is 5.65 Å². The molecule has 6 nitrogen and oxygen atoms in total. The van der Waals surface area contributed by atoms with E-state index < -0.39 is 17.7 Å². The summed E-state index contributed by atoms with van der Waals surface area (Å²) in [5.41, 5.74) is -0.108. The van der Waals surface area contributed by atoms with Crippen molar-refractivity contribution in [2.24, 2.45) is 5.92 Å². The normalized spacial score (nSPS) is 18.2. The fourth-order valence-electron chi connectivity index (χ4n) is 3.00. The molecule has 0 spiro atoms. The van der Waals surface area contributed by atoms with Crippen molar-refractivity contribution in [3.05, 3.63) is 22.4 Å². The molecule has 132 valence electrons. The van der Waals surface area contributed by atoms with Crippen LogP contribution < -0.4 is 5.56 Å². The number of H-pyrrole nitrogens is 1. The first-order chi connectivity index (χ1) is 11.4. The highest BCUT2D eigenvalue weighted by Crippen LogP contribution is 2.31. The van der Waals surface area contributed by atoms with E-state index in [1.807, 2.05) is 0 Å². The molecule has 0 aliphatic carbocycles. The summed E-state index contributed by atoms with van der Waals surface area (Å²) in [6, 6.07) is 0.0444. The van der Waals surface area contributed by atoms with E-state index in [1.54, 1.807) is 4.68 Å². The third-order valence-electron chi connectivity index (χ3n) is 4.44. The second-order valence-corrected chi connectivity index (χ2v) is 6.03.